The van der Waals surface area contributed by atoms with E-state index in [1.54, 1.807) is 0 Å². The minimum absolute atomic E-state index is 0.577. The first-order chi connectivity index (χ1) is 15.5. The minimum Gasteiger partial charge on any atom is -0.435 e. The zero-order valence-corrected chi connectivity index (χ0v) is 19.7. The van der Waals surface area contributed by atoms with Crippen molar-refractivity contribution < 1.29 is 4.42 Å². The standard InChI is InChI=1S/C27H28ClN3O/c1-5-31(6-2)22-17-11-19(12-18-22)25-26(23-9-7-8-10-24(23)28)32-27(29-25)20-13-15-21(16-14-20)30(3)4/h7-18H,5-6H2,1-4H3. The number of halogens is 1. The average Bonchev–Trinajstić information content (AvgIpc) is 3.26. The second-order valence-corrected chi connectivity index (χ2v) is 8.24. The number of aromatic nitrogens is 1. The van der Waals surface area contributed by atoms with Crippen LogP contribution in [0.25, 0.3) is 34.0 Å². The molecule has 0 radical (unpaired) electrons. The highest BCUT2D eigenvalue weighted by molar-refractivity contribution is 6.33. The van der Waals surface area contributed by atoms with E-state index in [1.165, 1.54) is 5.69 Å². The van der Waals surface area contributed by atoms with Crippen molar-refractivity contribution in [2.45, 2.75) is 13.8 Å². The Morgan fingerprint density at radius 3 is 1.97 bits per heavy atom. The molecule has 0 aliphatic heterocycles. The lowest BCUT2D eigenvalue weighted by atomic mass is 10.1. The number of benzene rings is 3. The molecule has 1 heterocycles. The van der Waals surface area contributed by atoms with Gasteiger partial charge in [0.2, 0.25) is 5.89 Å². The summed E-state index contributed by atoms with van der Waals surface area (Å²) in [4.78, 5) is 9.29. The van der Waals surface area contributed by atoms with Crippen LogP contribution >= 0.6 is 11.6 Å². The molecule has 32 heavy (non-hydrogen) atoms. The molecule has 1 aromatic heterocycles. The molecule has 0 unspecified atom stereocenters. The first kappa shape index (κ1) is 22.0. The summed E-state index contributed by atoms with van der Waals surface area (Å²) in [6.45, 7) is 6.27. The van der Waals surface area contributed by atoms with Gasteiger partial charge in [0.25, 0.3) is 0 Å². The van der Waals surface area contributed by atoms with Gasteiger partial charge in [-0.3, -0.25) is 0 Å². The van der Waals surface area contributed by atoms with Crippen molar-refractivity contribution in [1.29, 1.82) is 0 Å². The third-order valence-corrected chi connectivity index (χ3v) is 5.98. The normalized spacial score (nSPS) is 10.9. The molecule has 0 bridgehead atoms. The fourth-order valence-corrected chi connectivity index (χ4v) is 4.01. The van der Waals surface area contributed by atoms with E-state index in [2.05, 4.69) is 60.0 Å². The van der Waals surface area contributed by atoms with Crippen LogP contribution in [0, 0.1) is 0 Å². The molecule has 164 valence electrons. The van der Waals surface area contributed by atoms with Gasteiger partial charge in [-0.1, -0.05) is 35.9 Å². The van der Waals surface area contributed by atoms with Crippen LogP contribution in [0.3, 0.4) is 0 Å². The number of rotatable bonds is 7. The van der Waals surface area contributed by atoms with E-state index in [1.807, 2.05) is 50.5 Å². The van der Waals surface area contributed by atoms with Gasteiger partial charge in [-0.05, 0) is 62.4 Å². The van der Waals surface area contributed by atoms with E-state index in [0.717, 1.165) is 41.2 Å². The first-order valence-corrected chi connectivity index (χ1v) is 11.3. The average molecular weight is 446 g/mol. The summed E-state index contributed by atoms with van der Waals surface area (Å²) >= 11 is 6.53. The van der Waals surface area contributed by atoms with Crippen LogP contribution < -0.4 is 9.80 Å². The van der Waals surface area contributed by atoms with Gasteiger partial charge in [0.15, 0.2) is 5.76 Å². The fraction of sp³-hybridized carbons (Fsp3) is 0.222. The summed E-state index contributed by atoms with van der Waals surface area (Å²) in [5.41, 5.74) is 5.86. The van der Waals surface area contributed by atoms with Crippen molar-refractivity contribution in [3.63, 3.8) is 0 Å². The van der Waals surface area contributed by atoms with Crippen LogP contribution in [0.4, 0.5) is 11.4 Å². The van der Waals surface area contributed by atoms with Crippen molar-refractivity contribution in [2.75, 3.05) is 37.0 Å². The predicted molar refractivity (Wildman–Crippen MR) is 136 cm³/mol. The molecule has 0 aliphatic carbocycles. The Morgan fingerprint density at radius 2 is 1.38 bits per heavy atom. The van der Waals surface area contributed by atoms with Crippen LogP contribution in [-0.2, 0) is 0 Å². The molecule has 0 amide bonds. The first-order valence-electron chi connectivity index (χ1n) is 10.9. The molecule has 0 fully saturated rings. The summed E-state index contributed by atoms with van der Waals surface area (Å²) in [6, 6.07) is 24.4. The summed E-state index contributed by atoms with van der Waals surface area (Å²) < 4.78 is 6.32. The Kier molecular flexibility index (Phi) is 6.52. The smallest absolute Gasteiger partial charge is 0.227 e. The zero-order valence-electron chi connectivity index (χ0n) is 19.0. The van der Waals surface area contributed by atoms with Crippen LogP contribution in [-0.4, -0.2) is 32.2 Å². The van der Waals surface area contributed by atoms with Crippen LogP contribution in [0.5, 0.6) is 0 Å². The molecule has 0 saturated carbocycles. The number of anilines is 2. The van der Waals surface area contributed by atoms with Crippen LogP contribution in [0.2, 0.25) is 5.02 Å². The number of oxazole rings is 1. The highest BCUT2D eigenvalue weighted by atomic mass is 35.5. The molecule has 0 saturated heterocycles. The predicted octanol–water partition coefficient (Wildman–Crippen LogP) is 7.24. The quantitative estimate of drug-likeness (QED) is 0.300. The third kappa shape index (κ3) is 4.37. The summed E-state index contributed by atoms with van der Waals surface area (Å²) in [5, 5.41) is 0.638. The fourth-order valence-electron chi connectivity index (χ4n) is 3.79. The van der Waals surface area contributed by atoms with Gasteiger partial charge in [-0.2, -0.15) is 0 Å². The van der Waals surface area contributed by atoms with Crippen molar-refractivity contribution in [1.82, 2.24) is 4.98 Å². The molecule has 4 aromatic rings. The monoisotopic (exact) mass is 445 g/mol. The number of hydrogen-bond acceptors (Lipinski definition) is 4. The maximum Gasteiger partial charge on any atom is 0.227 e. The van der Waals surface area contributed by atoms with Gasteiger partial charge in [0.1, 0.15) is 5.69 Å². The summed E-state index contributed by atoms with van der Waals surface area (Å²) in [6.07, 6.45) is 0. The van der Waals surface area contributed by atoms with E-state index in [0.29, 0.717) is 16.7 Å². The Morgan fingerprint density at radius 1 is 0.781 bits per heavy atom. The Bertz CT molecular complexity index is 1180. The molecule has 0 N–H and O–H groups in total. The van der Waals surface area contributed by atoms with Crippen molar-refractivity contribution in [3.05, 3.63) is 77.8 Å². The highest BCUT2D eigenvalue weighted by Crippen LogP contribution is 2.39. The Balaban J connectivity index is 1.81. The topological polar surface area (TPSA) is 32.5 Å². The summed E-state index contributed by atoms with van der Waals surface area (Å²) in [5.74, 6) is 1.26. The largest absolute Gasteiger partial charge is 0.435 e. The molecular weight excluding hydrogens is 418 g/mol. The van der Waals surface area contributed by atoms with Crippen LogP contribution in [0.15, 0.2) is 77.2 Å². The molecular formula is C27H28ClN3O. The maximum atomic E-state index is 6.53. The second kappa shape index (κ2) is 9.49. The van der Waals surface area contributed by atoms with Crippen molar-refractivity contribution in [2.24, 2.45) is 0 Å². The van der Waals surface area contributed by atoms with E-state index in [4.69, 9.17) is 21.0 Å². The lowest BCUT2D eigenvalue weighted by Crippen LogP contribution is -2.21. The highest BCUT2D eigenvalue weighted by Gasteiger charge is 2.20. The lowest BCUT2D eigenvalue weighted by Gasteiger charge is -2.21. The van der Waals surface area contributed by atoms with Gasteiger partial charge in [0, 0.05) is 55.2 Å². The van der Waals surface area contributed by atoms with Gasteiger partial charge >= 0.3 is 0 Å². The molecule has 4 rings (SSSR count). The van der Waals surface area contributed by atoms with Gasteiger partial charge < -0.3 is 14.2 Å². The SMILES string of the molecule is CCN(CC)c1ccc(-c2nc(-c3ccc(N(C)C)cc3)oc2-c2ccccc2Cl)cc1. The maximum absolute atomic E-state index is 6.53. The molecule has 3 aromatic carbocycles. The number of hydrogen-bond donors (Lipinski definition) is 0. The van der Waals surface area contributed by atoms with Crippen molar-refractivity contribution >= 4 is 23.0 Å². The van der Waals surface area contributed by atoms with Gasteiger partial charge in [-0.15, -0.1) is 0 Å². The van der Waals surface area contributed by atoms with E-state index in [9.17, 15) is 0 Å². The Hall–Kier alpha value is -3.24. The second-order valence-electron chi connectivity index (χ2n) is 7.84. The van der Waals surface area contributed by atoms with E-state index >= 15 is 0 Å². The minimum atomic E-state index is 0.577. The molecule has 0 spiro atoms. The molecule has 4 nitrogen and oxygen atoms in total. The van der Waals surface area contributed by atoms with Gasteiger partial charge in [-0.25, -0.2) is 4.98 Å². The van der Waals surface area contributed by atoms with E-state index in [-0.39, 0.29) is 0 Å². The van der Waals surface area contributed by atoms with E-state index < -0.39 is 0 Å². The molecule has 0 aliphatic rings. The van der Waals surface area contributed by atoms with Gasteiger partial charge in [0.05, 0.1) is 5.02 Å². The van der Waals surface area contributed by atoms with Crippen molar-refractivity contribution in [3.8, 4) is 34.0 Å². The van der Waals surface area contributed by atoms with Crippen LogP contribution in [0.1, 0.15) is 13.8 Å². The Labute approximate surface area is 195 Å². The molecule has 5 heteroatoms. The third-order valence-electron chi connectivity index (χ3n) is 5.65. The lowest BCUT2D eigenvalue weighted by molar-refractivity contribution is 0.589. The molecule has 0 atom stereocenters. The summed E-state index contributed by atoms with van der Waals surface area (Å²) in [7, 11) is 4.05. The zero-order chi connectivity index (χ0) is 22.7. The number of nitrogens with zero attached hydrogens (tertiary/aromatic N) is 3.